The molecule has 3 heteroatoms. The molecule has 0 aliphatic heterocycles. The van der Waals surface area contributed by atoms with Crippen LogP contribution in [0.2, 0.25) is 0 Å². The van der Waals surface area contributed by atoms with E-state index >= 15 is 0 Å². The normalized spacial score (nSPS) is 15.3. The van der Waals surface area contributed by atoms with Crippen LogP contribution in [0.1, 0.15) is 20.8 Å². The van der Waals surface area contributed by atoms with Crippen LogP contribution >= 0.6 is 0 Å². The second-order valence-electron chi connectivity index (χ2n) is 3.09. The second kappa shape index (κ2) is 3.44. The molecule has 0 bridgehead atoms. The van der Waals surface area contributed by atoms with Crippen LogP contribution in [0.3, 0.4) is 0 Å². The molecule has 0 spiro atoms. The monoisotopic (exact) mass is 156 g/mol. The Morgan fingerprint density at radius 1 is 1.27 bits per heavy atom. The second-order valence-corrected chi connectivity index (χ2v) is 3.09. The molecule has 0 atom stereocenters. The van der Waals surface area contributed by atoms with Gasteiger partial charge in [-0.3, -0.25) is 0 Å². The van der Waals surface area contributed by atoms with Crippen LogP contribution in [0, 0.1) is 0 Å². The number of hydrogen-bond acceptors (Lipinski definition) is 3. The van der Waals surface area contributed by atoms with Gasteiger partial charge in [0, 0.05) is 11.4 Å². The Hall–Kier alpha value is -0.960. The van der Waals surface area contributed by atoms with Gasteiger partial charge in [-0.25, -0.2) is 0 Å². The topological polar surface area (TPSA) is 72.3 Å². The summed E-state index contributed by atoms with van der Waals surface area (Å²) in [4.78, 5) is 0. The van der Waals surface area contributed by atoms with Crippen LogP contribution in [0.25, 0.3) is 0 Å². The minimum absolute atomic E-state index is 0.405. The van der Waals surface area contributed by atoms with Gasteiger partial charge in [0.15, 0.2) is 0 Å². The molecule has 0 rings (SSSR count). The average molecular weight is 156 g/mol. The first-order valence-electron chi connectivity index (χ1n) is 3.46. The molecule has 0 saturated heterocycles. The molecule has 11 heavy (non-hydrogen) atoms. The van der Waals surface area contributed by atoms with Crippen LogP contribution in [-0.2, 0) is 0 Å². The molecule has 3 nitrogen and oxygen atoms in total. The molecule has 0 aromatic rings. The third-order valence-corrected chi connectivity index (χ3v) is 1.23. The Kier molecular flexibility index (Phi) is 3.14. The third kappa shape index (κ3) is 4.44. The number of nitrogens with two attached hydrogens (primary N) is 2. The standard InChI is InChI=1S/C8H16N2O/c1-6(9)4-5-7(10)8(2,3)11/h4-5,11H,9-10H2,1-3H3/b6-4-,7-5-. The van der Waals surface area contributed by atoms with Gasteiger partial charge < -0.3 is 16.6 Å². The van der Waals surface area contributed by atoms with E-state index < -0.39 is 5.60 Å². The van der Waals surface area contributed by atoms with Crippen molar-refractivity contribution in [1.82, 2.24) is 0 Å². The summed E-state index contributed by atoms with van der Waals surface area (Å²) in [5, 5.41) is 9.34. The highest BCUT2D eigenvalue weighted by molar-refractivity contribution is 5.18. The number of allylic oxidation sites excluding steroid dienone is 3. The zero-order valence-corrected chi connectivity index (χ0v) is 7.26. The fraction of sp³-hybridized carbons (Fsp3) is 0.500. The van der Waals surface area contributed by atoms with E-state index in [-0.39, 0.29) is 0 Å². The highest BCUT2D eigenvalue weighted by Crippen LogP contribution is 2.09. The summed E-state index contributed by atoms with van der Waals surface area (Å²) in [7, 11) is 0. The Labute approximate surface area is 67.4 Å². The maximum Gasteiger partial charge on any atom is 0.0982 e. The number of hydrogen-bond donors (Lipinski definition) is 3. The van der Waals surface area contributed by atoms with Gasteiger partial charge in [-0.1, -0.05) is 0 Å². The predicted octanol–water partition coefficient (Wildman–Crippen LogP) is 0.462. The lowest BCUT2D eigenvalue weighted by atomic mass is 10.1. The minimum Gasteiger partial charge on any atom is -0.402 e. The molecule has 0 fully saturated rings. The van der Waals surface area contributed by atoms with E-state index in [2.05, 4.69) is 0 Å². The molecule has 0 heterocycles. The summed E-state index contributed by atoms with van der Waals surface area (Å²) >= 11 is 0. The number of rotatable bonds is 2. The molecule has 0 aromatic heterocycles. The predicted molar refractivity (Wildman–Crippen MR) is 46.5 cm³/mol. The van der Waals surface area contributed by atoms with Gasteiger partial charge in [0.1, 0.15) is 0 Å². The lowest BCUT2D eigenvalue weighted by Crippen LogP contribution is -2.27. The van der Waals surface area contributed by atoms with Crippen molar-refractivity contribution in [3.8, 4) is 0 Å². The first-order valence-corrected chi connectivity index (χ1v) is 3.46. The molecule has 0 amide bonds. The first-order chi connectivity index (χ1) is 4.84. The highest BCUT2D eigenvalue weighted by atomic mass is 16.3. The summed E-state index contributed by atoms with van der Waals surface area (Å²) in [5.74, 6) is 0. The molecular weight excluding hydrogens is 140 g/mol. The zero-order valence-electron chi connectivity index (χ0n) is 7.26. The van der Waals surface area contributed by atoms with Crippen molar-refractivity contribution in [2.45, 2.75) is 26.4 Å². The van der Waals surface area contributed by atoms with Crippen LogP contribution in [0.5, 0.6) is 0 Å². The fourth-order valence-electron chi connectivity index (χ4n) is 0.425. The number of aliphatic hydroxyl groups is 1. The molecule has 0 unspecified atom stereocenters. The van der Waals surface area contributed by atoms with Gasteiger partial charge in [-0.2, -0.15) is 0 Å². The summed E-state index contributed by atoms with van der Waals surface area (Å²) < 4.78 is 0. The van der Waals surface area contributed by atoms with Crippen molar-refractivity contribution >= 4 is 0 Å². The molecule has 64 valence electrons. The van der Waals surface area contributed by atoms with Crippen molar-refractivity contribution in [2.75, 3.05) is 0 Å². The Bertz CT molecular complexity index is 183. The van der Waals surface area contributed by atoms with Crippen molar-refractivity contribution in [2.24, 2.45) is 11.5 Å². The van der Waals surface area contributed by atoms with Crippen molar-refractivity contribution in [3.63, 3.8) is 0 Å². The zero-order chi connectivity index (χ0) is 9.07. The van der Waals surface area contributed by atoms with Crippen LogP contribution in [0.15, 0.2) is 23.5 Å². The van der Waals surface area contributed by atoms with Crippen LogP contribution < -0.4 is 11.5 Å². The Morgan fingerprint density at radius 3 is 2.00 bits per heavy atom. The van der Waals surface area contributed by atoms with E-state index in [1.165, 1.54) is 0 Å². The molecule has 0 aliphatic carbocycles. The summed E-state index contributed by atoms with van der Waals surface area (Å²) in [6.07, 6.45) is 3.27. The highest BCUT2D eigenvalue weighted by Gasteiger charge is 2.14. The lowest BCUT2D eigenvalue weighted by Gasteiger charge is -2.16. The molecule has 0 aromatic carbocycles. The SMILES string of the molecule is C/C(N)=C/C=C(\N)C(C)(C)O. The van der Waals surface area contributed by atoms with Crippen molar-refractivity contribution in [1.29, 1.82) is 0 Å². The van der Waals surface area contributed by atoms with Gasteiger partial charge in [0.2, 0.25) is 0 Å². The quantitative estimate of drug-likeness (QED) is 0.509. The van der Waals surface area contributed by atoms with E-state index in [0.29, 0.717) is 11.4 Å². The molecular formula is C8H16N2O. The molecule has 0 saturated carbocycles. The maximum absolute atomic E-state index is 9.34. The fourth-order valence-corrected chi connectivity index (χ4v) is 0.425. The molecule has 5 N–H and O–H groups in total. The largest absolute Gasteiger partial charge is 0.402 e. The summed E-state index contributed by atoms with van der Waals surface area (Å²) in [6, 6.07) is 0. The summed E-state index contributed by atoms with van der Waals surface area (Å²) in [5.41, 5.74) is 11.0. The van der Waals surface area contributed by atoms with E-state index in [4.69, 9.17) is 11.5 Å². The maximum atomic E-state index is 9.34. The van der Waals surface area contributed by atoms with E-state index in [1.807, 2.05) is 0 Å². The van der Waals surface area contributed by atoms with Gasteiger partial charge in [-0.05, 0) is 32.9 Å². The minimum atomic E-state index is -0.966. The van der Waals surface area contributed by atoms with Gasteiger partial charge in [0.05, 0.1) is 5.60 Å². The smallest absolute Gasteiger partial charge is 0.0982 e. The first kappa shape index (κ1) is 10.0. The Morgan fingerprint density at radius 2 is 1.73 bits per heavy atom. The summed E-state index contributed by atoms with van der Waals surface area (Å²) in [6.45, 7) is 5.01. The van der Waals surface area contributed by atoms with Gasteiger partial charge >= 0.3 is 0 Å². The van der Waals surface area contributed by atoms with E-state index in [1.54, 1.807) is 32.9 Å². The van der Waals surface area contributed by atoms with E-state index in [0.717, 1.165) is 0 Å². The van der Waals surface area contributed by atoms with Crippen molar-refractivity contribution < 1.29 is 5.11 Å². The third-order valence-electron chi connectivity index (χ3n) is 1.23. The van der Waals surface area contributed by atoms with Crippen LogP contribution in [0.4, 0.5) is 0 Å². The van der Waals surface area contributed by atoms with Gasteiger partial charge in [0.25, 0.3) is 0 Å². The Balaban J connectivity index is 4.36. The molecule has 0 radical (unpaired) electrons. The van der Waals surface area contributed by atoms with Crippen molar-refractivity contribution in [3.05, 3.63) is 23.5 Å². The lowest BCUT2D eigenvalue weighted by molar-refractivity contribution is 0.118. The van der Waals surface area contributed by atoms with E-state index in [9.17, 15) is 5.11 Å². The average Bonchev–Trinajstić information content (AvgIpc) is 1.80. The van der Waals surface area contributed by atoms with Crippen LogP contribution in [-0.4, -0.2) is 10.7 Å². The molecule has 0 aliphatic rings. The van der Waals surface area contributed by atoms with Gasteiger partial charge in [-0.15, -0.1) is 0 Å².